The maximum absolute atomic E-state index is 5.12. The molecular formula is C14H25NO. The topological polar surface area (TPSA) is 26.0 Å². The highest BCUT2D eigenvalue weighted by molar-refractivity contribution is 5.09. The molecule has 1 aromatic rings. The third kappa shape index (κ3) is 3.66. The second-order valence-electron chi connectivity index (χ2n) is 5.00. The van der Waals surface area contributed by atoms with Gasteiger partial charge in [-0.1, -0.05) is 52.9 Å². The Kier molecular flexibility index (Phi) is 5.58. The first-order valence-electron chi connectivity index (χ1n) is 6.61. The molecule has 0 radical (unpaired) electrons. The standard InChI is InChI=1S/C14H25NO/c1-4-6-7-8-10-14(3,9-5-2)13-11-16-12-15-13/h11-12H,4-10H2,1-3H3. The van der Waals surface area contributed by atoms with Gasteiger partial charge in [-0.2, -0.15) is 0 Å². The molecule has 16 heavy (non-hydrogen) atoms. The molecule has 0 saturated carbocycles. The maximum atomic E-state index is 5.12. The highest BCUT2D eigenvalue weighted by Gasteiger charge is 2.27. The molecule has 1 heterocycles. The van der Waals surface area contributed by atoms with Gasteiger partial charge in [-0.15, -0.1) is 0 Å². The van der Waals surface area contributed by atoms with E-state index in [9.17, 15) is 0 Å². The van der Waals surface area contributed by atoms with E-state index < -0.39 is 0 Å². The van der Waals surface area contributed by atoms with Crippen LogP contribution >= 0.6 is 0 Å². The molecule has 2 nitrogen and oxygen atoms in total. The van der Waals surface area contributed by atoms with Gasteiger partial charge >= 0.3 is 0 Å². The van der Waals surface area contributed by atoms with Crippen molar-refractivity contribution in [3.8, 4) is 0 Å². The Morgan fingerprint density at radius 3 is 2.50 bits per heavy atom. The molecular weight excluding hydrogens is 198 g/mol. The van der Waals surface area contributed by atoms with Gasteiger partial charge in [-0.05, 0) is 12.8 Å². The SMILES string of the molecule is CCCCCCC(C)(CCC)c1cocn1. The van der Waals surface area contributed by atoms with Crippen LogP contribution in [0.15, 0.2) is 17.1 Å². The molecule has 1 aromatic heterocycles. The Balaban J connectivity index is 2.52. The summed E-state index contributed by atoms with van der Waals surface area (Å²) in [4.78, 5) is 4.34. The summed E-state index contributed by atoms with van der Waals surface area (Å²) in [5, 5.41) is 0. The Morgan fingerprint density at radius 1 is 1.12 bits per heavy atom. The van der Waals surface area contributed by atoms with Gasteiger partial charge in [0, 0.05) is 5.41 Å². The van der Waals surface area contributed by atoms with Crippen LogP contribution < -0.4 is 0 Å². The summed E-state index contributed by atoms with van der Waals surface area (Å²) in [5.41, 5.74) is 1.35. The highest BCUT2D eigenvalue weighted by atomic mass is 16.3. The maximum Gasteiger partial charge on any atom is 0.180 e. The summed E-state index contributed by atoms with van der Waals surface area (Å²) in [7, 11) is 0. The molecule has 1 atom stereocenters. The summed E-state index contributed by atoms with van der Waals surface area (Å²) < 4.78 is 5.12. The van der Waals surface area contributed by atoms with Crippen molar-refractivity contribution in [3.05, 3.63) is 18.4 Å². The number of aromatic nitrogens is 1. The first-order valence-corrected chi connectivity index (χ1v) is 6.61. The minimum atomic E-state index is 0.218. The van der Waals surface area contributed by atoms with Crippen molar-refractivity contribution in [2.24, 2.45) is 0 Å². The predicted octanol–water partition coefficient (Wildman–Crippen LogP) is 4.70. The van der Waals surface area contributed by atoms with E-state index in [0.29, 0.717) is 0 Å². The van der Waals surface area contributed by atoms with E-state index in [2.05, 4.69) is 25.8 Å². The van der Waals surface area contributed by atoms with Crippen LogP contribution in [0.5, 0.6) is 0 Å². The molecule has 1 rings (SSSR count). The van der Waals surface area contributed by atoms with Crippen molar-refractivity contribution in [1.29, 1.82) is 0 Å². The highest BCUT2D eigenvalue weighted by Crippen LogP contribution is 2.33. The van der Waals surface area contributed by atoms with Gasteiger partial charge in [0.2, 0.25) is 0 Å². The van der Waals surface area contributed by atoms with E-state index in [1.807, 2.05) is 6.26 Å². The van der Waals surface area contributed by atoms with Crippen molar-refractivity contribution in [3.63, 3.8) is 0 Å². The van der Waals surface area contributed by atoms with E-state index in [0.717, 1.165) is 5.69 Å². The fourth-order valence-electron chi connectivity index (χ4n) is 2.39. The van der Waals surface area contributed by atoms with Crippen LogP contribution in [-0.4, -0.2) is 4.98 Å². The molecule has 0 fully saturated rings. The molecule has 0 N–H and O–H groups in total. The third-order valence-electron chi connectivity index (χ3n) is 3.43. The van der Waals surface area contributed by atoms with Gasteiger partial charge in [-0.3, -0.25) is 0 Å². The van der Waals surface area contributed by atoms with Crippen LogP contribution in [0.3, 0.4) is 0 Å². The van der Waals surface area contributed by atoms with Crippen LogP contribution in [0.1, 0.15) is 71.4 Å². The van der Waals surface area contributed by atoms with Crippen molar-refractivity contribution in [2.45, 2.75) is 71.1 Å². The first kappa shape index (κ1) is 13.3. The van der Waals surface area contributed by atoms with Crippen molar-refractivity contribution >= 4 is 0 Å². The van der Waals surface area contributed by atoms with Gasteiger partial charge in [0.05, 0.1) is 5.69 Å². The van der Waals surface area contributed by atoms with Gasteiger partial charge in [0.1, 0.15) is 6.26 Å². The lowest BCUT2D eigenvalue weighted by molar-refractivity contribution is 0.366. The fourth-order valence-corrected chi connectivity index (χ4v) is 2.39. The van der Waals surface area contributed by atoms with E-state index in [1.54, 1.807) is 6.39 Å². The smallest absolute Gasteiger partial charge is 0.180 e. The molecule has 0 amide bonds. The molecule has 0 aliphatic carbocycles. The molecule has 92 valence electrons. The molecule has 2 heteroatoms. The zero-order valence-corrected chi connectivity index (χ0v) is 11.0. The lowest BCUT2D eigenvalue weighted by Gasteiger charge is -2.27. The van der Waals surface area contributed by atoms with E-state index in [1.165, 1.54) is 44.9 Å². The minimum absolute atomic E-state index is 0.218. The van der Waals surface area contributed by atoms with Crippen molar-refractivity contribution in [2.75, 3.05) is 0 Å². The van der Waals surface area contributed by atoms with E-state index in [4.69, 9.17) is 4.42 Å². The number of rotatable bonds is 8. The molecule has 0 saturated heterocycles. The molecule has 0 aromatic carbocycles. The van der Waals surface area contributed by atoms with Crippen LogP contribution in [0, 0.1) is 0 Å². The molecule has 0 aliphatic heterocycles. The largest absolute Gasteiger partial charge is 0.451 e. The van der Waals surface area contributed by atoms with Crippen LogP contribution in [0.2, 0.25) is 0 Å². The fraction of sp³-hybridized carbons (Fsp3) is 0.786. The van der Waals surface area contributed by atoms with Gasteiger partial charge in [0.25, 0.3) is 0 Å². The van der Waals surface area contributed by atoms with Crippen molar-refractivity contribution in [1.82, 2.24) is 4.98 Å². The van der Waals surface area contributed by atoms with Crippen LogP contribution in [0.25, 0.3) is 0 Å². The number of hydrogen-bond acceptors (Lipinski definition) is 2. The molecule has 0 bridgehead atoms. The Labute approximate surface area is 99.5 Å². The zero-order chi connectivity index (χ0) is 11.9. The van der Waals surface area contributed by atoms with Crippen molar-refractivity contribution < 1.29 is 4.42 Å². The Hall–Kier alpha value is -0.790. The third-order valence-corrected chi connectivity index (χ3v) is 3.43. The quantitative estimate of drug-likeness (QED) is 0.597. The monoisotopic (exact) mass is 223 g/mol. The Bertz CT molecular complexity index is 268. The second-order valence-corrected chi connectivity index (χ2v) is 5.00. The number of oxazole rings is 1. The van der Waals surface area contributed by atoms with Gasteiger partial charge in [0.15, 0.2) is 6.39 Å². The summed E-state index contributed by atoms with van der Waals surface area (Å²) in [6, 6.07) is 0. The average Bonchev–Trinajstić information content (AvgIpc) is 2.79. The van der Waals surface area contributed by atoms with Crippen LogP contribution in [0.4, 0.5) is 0 Å². The lowest BCUT2D eigenvalue weighted by Crippen LogP contribution is -2.22. The van der Waals surface area contributed by atoms with Gasteiger partial charge in [-0.25, -0.2) is 4.98 Å². The molecule has 0 aliphatic rings. The summed E-state index contributed by atoms with van der Waals surface area (Å²) >= 11 is 0. The van der Waals surface area contributed by atoms with E-state index >= 15 is 0 Å². The number of unbranched alkanes of at least 4 members (excludes halogenated alkanes) is 3. The van der Waals surface area contributed by atoms with Crippen LogP contribution in [-0.2, 0) is 5.41 Å². The second kappa shape index (κ2) is 6.72. The summed E-state index contributed by atoms with van der Waals surface area (Å²) in [6.07, 6.45) is 12.3. The lowest BCUT2D eigenvalue weighted by atomic mass is 9.78. The summed E-state index contributed by atoms with van der Waals surface area (Å²) in [6.45, 7) is 6.81. The normalized spacial score (nSPS) is 14.9. The van der Waals surface area contributed by atoms with Gasteiger partial charge < -0.3 is 4.42 Å². The zero-order valence-electron chi connectivity index (χ0n) is 11.0. The molecule has 1 unspecified atom stereocenters. The first-order chi connectivity index (χ1) is 7.73. The Morgan fingerprint density at radius 2 is 1.94 bits per heavy atom. The number of nitrogens with zero attached hydrogens (tertiary/aromatic N) is 1. The summed E-state index contributed by atoms with van der Waals surface area (Å²) in [5.74, 6) is 0. The van der Waals surface area contributed by atoms with E-state index in [-0.39, 0.29) is 5.41 Å². The molecule has 0 spiro atoms. The average molecular weight is 223 g/mol. The number of hydrogen-bond donors (Lipinski definition) is 0. The predicted molar refractivity (Wildman–Crippen MR) is 67.5 cm³/mol. The minimum Gasteiger partial charge on any atom is -0.451 e.